The van der Waals surface area contributed by atoms with E-state index in [0.29, 0.717) is 31.1 Å². The fraction of sp³-hybridized carbons (Fsp3) is 0.538. The summed E-state index contributed by atoms with van der Waals surface area (Å²) in [5.74, 6) is 0.0159. The van der Waals surface area contributed by atoms with E-state index in [1.165, 1.54) is 22.5 Å². The maximum absolute atomic E-state index is 13.2. The molecule has 1 heterocycles. The molecule has 1 fully saturated rings. The molecule has 0 radical (unpaired) electrons. The monoisotopic (exact) mass is 322 g/mol. The predicted molar refractivity (Wildman–Crippen MR) is 78.9 cm³/mol. The zero-order valence-electron chi connectivity index (χ0n) is 11.4. The number of hydrogen-bond donors (Lipinski definition) is 1. The van der Waals surface area contributed by atoms with Gasteiger partial charge >= 0.3 is 0 Å². The highest BCUT2D eigenvalue weighted by molar-refractivity contribution is 7.89. The van der Waals surface area contributed by atoms with Crippen LogP contribution in [-0.2, 0) is 10.0 Å². The Balaban J connectivity index is 0.00000200. The van der Waals surface area contributed by atoms with Crippen molar-refractivity contribution < 1.29 is 12.8 Å². The molecule has 1 saturated heterocycles. The van der Waals surface area contributed by atoms with Crippen molar-refractivity contribution in [3.05, 3.63) is 29.6 Å². The number of sulfonamides is 1. The summed E-state index contributed by atoms with van der Waals surface area (Å²) in [6, 6.07) is 3.92. The van der Waals surface area contributed by atoms with Crippen molar-refractivity contribution in [1.29, 1.82) is 0 Å². The number of nitrogens with two attached hydrogens (primary N) is 1. The maximum atomic E-state index is 13.2. The Morgan fingerprint density at radius 2 is 1.95 bits per heavy atom. The van der Waals surface area contributed by atoms with Gasteiger partial charge in [-0.3, -0.25) is 0 Å². The van der Waals surface area contributed by atoms with E-state index in [4.69, 9.17) is 5.73 Å². The van der Waals surface area contributed by atoms with Crippen molar-refractivity contribution in [2.45, 2.75) is 24.7 Å². The van der Waals surface area contributed by atoms with E-state index in [2.05, 4.69) is 0 Å². The molecule has 0 bridgehead atoms. The van der Waals surface area contributed by atoms with Crippen LogP contribution in [0.2, 0.25) is 0 Å². The van der Waals surface area contributed by atoms with Crippen LogP contribution in [0.4, 0.5) is 4.39 Å². The number of rotatable bonds is 3. The Hall–Kier alpha value is -0.690. The molecule has 0 amide bonds. The molecular weight excluding hydrogens is 303 g/mol. The second kappa shape index (κ2) is 6.85. The minimum absolute atomic E-state index is 0. The van der Waals surface area contributed by atoms with E-state index in [9.17, 15) is 12.8 Å². The summed E-state index contributed by atoms with van der Waals surface area (Å²) < 4.78 is 39.5. The van der Waals surface area contributed by atoms with Crippen LogP contribution in [0.3, 0.4) is 0 Å². The number of benzene rings is 1. The van der Waals surface area contributed by atoms with Crippen LogP contribution >= 0.6 is 12.4 Å². The molecule has 0 saturated carbocycles. The van der Waals surface area contributed by atoms with Gasteiger partial charge in [0.05, 0.1) is 4.90 Å². The second-order valence-corrected chi connectivity index (χ2v) is 6.93. The molecule has 1 aromatic rings. The number of hydrogen-bond acceptors (Lipinski definition) is 3. The predicted octanol–water partition coefficient (Wildman–Crippen LogP) is 1.92. The van der Waals surface area contributed by atoms with Gasteiger partial charge < -0.3 is 5.73 Å². The Labute approximate surface area is 125 Å². The fourth-order valence-electron chi connectivity index (χ4n) is 2.31. The first-order valence-electron chi connectivity index (χ1n) is 6.41. The minimum atomic E-state index is -3.51. The van der Waals surface area contributed by atoms with Gasteiger partial charge in [0, 0.05) is 13.1 Å². The van der Waals surface area contributed by atoms with Gasteiger partial charge in [0.1, 0.15) is 5.82 Å². The molecular formula is C13H20ClFN2O2S. The third-order valence-corrected chi connectivity index (χ3v) is 5.57. The standard InChI is InChI=1S/C13H19FN2O2S.ClH/c1-10-8-12(2-3-13(10)14)19(17,18)16-6-4-11(9-15)5-7-16;/h2-3,8,11H,4-7,9,15H2,1H3;1H. The molecule has 2 N–H and O–H groups in total. The normalized spacial score (nSPS) is 17.8. The molecule has 7 heteroatoms. The molecule has 4 nitrogen and oxygen atoms in total. The zero-order chi connectivity index (χ0) is 14.0. The van der Waals surface area contributed by atoms with Gasteiger partial charge in [-0.1, -0.05) is 0 Å². The Morgan fingerprint density at radius 1 is 1.35 bits per heavy atom. The molecule has 0 spiro atoms. The van der Waals surface area contributed by atoms with Crippen molar-refractivity contribution in [2.24, 2.45) is 11.7 Å². The molecule has 0 atom stereocenters. The molecule has 114 valence electrons. The third kappa shape index (κ3) is 3.49. The summed E-state index contributed by atoms with van der Waals surface area (Å²) in [6.07, 6.45) is 1.58. The third-order valence-electron chi connectivity index (χ3n) is 3.67. The lowest BCUT2D eigenvalue weighted by Crippen LogP contribution is -2.40. The largest absolute Gasteiger partial charge is 0.330 e. The highest BCUT2D eigenvalue weighted by atomic mass is 35.5. The van der Waals surface area contributed by atoms with Crippen molar-refractivity contribution in [3.8, 4) is 0 Å². The highest BCUT2D eigenvalue weighted by Crippen LogP contribution is 2.24. The molecule has 1 aliphatic heterocycles. The van der Waals surface area contributed by atoms with Crippen molar-refractivity contribution in [2.75, 3.05) is 19.6 Å². The molecule has 2 rings (SSSR count). The van der Waals surface area contributed by atoms with Crippen LogP contribution in [-0.4, -0.2) is 32.4 Å². The lowest BCUT2D eigenvalue weighted by molar-refractivity contribution is 0.278. The maximum Gasteiger partial charge on any atom is 0.243 e. The van der Waals surface area contributed by atoms with E-state index in [0.717, 1.165) is 12.8 Å². The van der Waals surface area contributed by atoms with Crippen molar-refractivity contribution in [3.63, 3.8) is 0 Å². The van der Waals surface area contributed by atoms with Gasteiger partial charge in [-0.15, -0.1) is 12.4 Å². The quantitative estimate of drug-likeness (QED) is 0.924. The Kier molecular flexibility index (Phi) is 5.94. The van der Waals surface area contributed by atoms with Crippen LogP contribution in [0.1, 0.15) is 18.4 Å². The van der Waals surface area contributed by atoms with Gasteiger partial charge in [-0.2, -0.15) is 4.31 Å². The number of piperidine rings is 1. The van der Waals surface area contributed by atoms with Crippen LogP contribution in [0.15, 0.2) is 23.1 Å². The van der Waals surface area contributed by atoms with Crippen LogP contribution in [0.25, 0.3) is 0 Å². The average Bonchev–Trinajstić information content (AvgIpc) is 2.41. The second-order valence-electron chi connectivity index (χ2n) is 4.99. The summed E-state index contributed by atoms with van der Waals surface area (Å²) >= 11 is 0. The van der Waals surface area contributed by atoms with E-state index in [1.807, 2.05) is 0 Å². The molecule has 0 unspecified atom stereocenters. The van der Waals surface area contributed by atoms with Gasteiger partial charge in [0.25, 0.3) is 0 Å². The SMILES string of the molecule is Cc1cc(S(=O)(=O)N2CCC(CN)CC2)ccc1F.Cl. The Bertz CT molecular complexity index is 557. The lowest BCUT2D eigenvalue weighted by Gasteiger charge is -2.30. The van der Waals surface area contributed by atoms with Gasteiger partial charge in [0.2, 0.25) is 10.0 Å². The molecule has 1 aliphatic rings. The summed E-state index contributed by atoms with van der Waals surface area (Å²) in [5, 5.41) is 0. The van der Waals surface area contributed by atoms with Crippen LogP contribution < -0.4 is 5.73 Å². The molecule has 0 aliphatic carbocycles. The highest BCUT2D eigenvalue weighted by Gasteiger charge is 2.29. The average molecular weight is 323 g/mol. The van der Waals surface area contributed by atoms with E-state index >= 15 is 0 Å². The van der Waals surface area contributed by atoms with Gasteiger partial charge in [-0.05, 0) is 56.0 Å². The number of nitrogens with zero attached hydrogens (tertiary/aromatic N) is 1. The van der Waals surface area contributed by atoms with E-state index in [1.54, 1.807) is 6.92 Å². The van der Waals surface area contributed by atoms with E-state index < -0.39 is 10.0 Å². The summed E-state index contributed by atoms with van der Waals surface area (Å²) in [5.41, 5.74) is 5.94. The molecule has 20 heavy (non-hydrogen) atoms. The first kappa shape index (κ1) is 17.4. The van der Waals surface area contributed by atoms with Crippen LogP contribution in [0, 0.1) is 18.7 Å². The van der Waals surface area contributed by atoms with Gasteiger partial charge in [0.15, 0.2) is 0 Å². The van der Waals surface area contributed by atoms with Crippen molar-refractivity contribution in [1.82, 2.24) is 4.31 Å². The molecule has 1 aromatic carbocycles. The molecule has 0 aromatic heterocycles. The zero-order valence-corrected chi connectivity index (χ0v) is 13.0. The minimum Gasteiger partial charge on any atom is -0.330 e. The van der Waals surface area contributed by atoms with E-state index in [-0.39, 0.29) is 23.1 Å². The van der Waals surface area contributed by atoms with Gasteiger partial charge in [-0.25, -0.2) is 12.8 Å². The summed E-state index contributed by atoms with van der Waals surface area (Å²) in [6.45, 7) is 3.14. The Morgan fingerprint density at radius 3 is 2.45 bits per heavy atom. The lowest BCUT2D eigenvalue weighted by atomic mass is 9.99. The summed E-state index contributed by atoms with van der Waals surface area (Å²) in [4.78, 5) is 0.164. The first-order valence-corrected chi connectivity index (χ1v) is 7.85. The van der Waals surface area contributed by atoms with Crippen LogP contribution in [0.5, 0.6) is 0 Å². The summed E-state index contributed by atoms with van der Waals surface area (Å²) in [7, 11) is -3.51. The smallest absolute Gasteiger partial charge is 0.243 e. The number of aryl methyl sites for hydroxylation is 1. The first-order chi connectivity index (χ1) is 8.95. The fourth-order valence-corrected chi connectivity index (χ4v) is 3.87. The van der Waals surface area contributed by atoms with Crippen molar-refractivity contribution >= 4 is 22.4 Å². The number of halogens is 2. The topological polar surface area (TPSA) is 63.4 Å².